The lowest BCUT2D eigenvalue weighted by Crippen LogP contribution is -2.14. The molecule has 3 heterocycles. The lowest BCUT2D eigenvalue weighted by molar-refractivity contribution is 0.174. The molecule has 0 aliphatic carbocycles. The standard InChI is InChI=1S/C17H10FN3O3/c18-9-1-3-13-11(5-9)16-12(7-19-13)17(22)21(20-16)10-2-4-14-15(6-10)24-8-23-14/h1-7,19H,8H2. The summed E-state index contributed by atoms with van der Waals surface area (Å²) in [4.78, 5) is 15.7. The molecule has 24 heavy (non-hydrogen) atoms. The number of aromatic nitrogens is 3. The van der Waals surface area contributed by atoms with Crippen molar-refractivity contribution in [3.8, 4) is 28.4 Å². The third-order valence-electron chi connectivity index (χ3n) is 4.09. The van der Waals surface area contributed by atoms with Crippen LogP contribution in [0.5, 0.6) is 11.5 Å². The van der Waals surface area contributed by atoms with E-state index in [1.165, 1.54) is 16.8 Å². The van der Waals surface area contributed by atoms with Gasteiger partial charge >= 0.3 is 0 Å². The smallest absolute Gasteiger partial charge is 0.282 e. The van der Waals surface area contributed by atoms with Crippen LogP contribution in [0, 0.1) is 5.82 Å². The lowest BCUT2D eigenvalue weighted by atomic mass is 10.1. The highest BCUT2D eigenvalue weighted by Crippen LogP contribution is 2.34. The molecule has 1 N–H and O–H groups in total. The van der Waals surface area contributed by atoms with Crippen molar-refractivity contribution in [2.45, 2.75) is 0 Å². The number of ether oxygens (including phenoxy) is 2. The van der Waals surface area contributed by atoms with Gasteiger partial charge in [-0.1, -0.05) is 0 Å². The molecule has 0 fully saturated rings. The van der Waals surface area contributed by atoms with Crippen LogP contribution in [0.2, 0.25) is 0 Å². The van der Waals surface area contributed by atoms with Gasteiger partial charge in [-0.15, -0.1) is 0 Å². The number of nitrogens with one attached hydrogen (secondary N) is 1. The van der Waals surface area contributed by atoms with Crippen molar-refractivity contribution in [1.82, 2.24) is 14.8 Å². The first-order chi connectivity index (χ1) is 11.7. The van der Waals surface area contributed by atoms with Crippen molar-refractivity contribution in [1.29, 1.82) is 0 Å². The summed E-state index contributed by atoms with van der Waals surface area (Å²) in [5.41, 5.74) is 1.83. The number of pyridine rings is 1. The summed E-state index contributed by atoms with van der Waals surface area (Å²) >= 11 is 0. The number of benzene rings is 2. The second-order valence-corrected chi connectivity index (χ2v) is 5.50. The predicted molar refractivity (Wildman–Crippen MR) is 84.4 cm³/mol. The quantitative estimate of drug-likeness (QED) is 0.585. The third-order valence-corrected chi connectivity index (χ3v) is 4.09. The van der Waals surface area contributed by atoms with E-state index in [0.29, 0.717) is 39.3 Å². The van der Waals surface area contributed by atoms with Crippen LogP contribution in [0.4, 0.5) is 4.39 Å². The number of nitrogens with zero attached hydrogens (tertiary/aromatic N) is 2. The Hall–Kier alpha value is -3.35. The Bertz CT molecular complexity index is 1130. The van der Waals surface area contributed by atoms with Crippen molar-refractivity contribution < 1.29 is 13.9 Å². The Morgan fingerprint density at radius 3 is 2.92 bits per heavy atom. The van der Waals surface area contributed by atoms with E-state index in [9.17, 15) is 9.18 Å². The molecule has 5 rings (SSSR count). The zero-order valence-electron chi connectivity index (χ0n) is 12.2. The van der Waals surface area contributed by atoms with E-state index in [2.05, 4.69) is 10.1 Å². The van der Waals surface area contributed by atoms with Crippen LogP contribution < -0.4 is 15.0 Å². The Kier molecular flexibility index (Phi) is 2.50. The maximum absolute atomic E-state index is 13.6. The van der Waals surface area contributed by atoms with Crippen LogP contribution in [0.1, 0.15) is 0 Å². The minimum atomic E-state index is -0.381. The van der Waals surface area contributed by atoms with Crippen LogP contribution in [0.3, 0.4) is 0 Å². The minimum Gasteiger partial charge on any atom is -0.454 e. The molecule has 0 radical (unpaired) electrons. The number of fused-ring (bicyclic) bond motifs is 4. The van der Waals surface area contributed by atoms with E-state index in [-0.39, 0.29) is 18.2 Å². The molecular weight excluding hydrogens is 313 g/mol. The first-order valence-corrected chi connectivity index (χ1v) is 7.30. The monoisotopic (exact) mass is 323 g/mol. The number of H-pyrrole nitrogens is 1. The van der Waals surface area contributed by atoms with Gasteiger partial charge < -0.3 is 14.5 Å². The number of rotatable bonds is 1. The maximum Gasteiger partial charge on any atom is 0.282 e. The first kappa shape index (κ1) is 13.1. The number of hydrogen-bond donors (Lipinski definition) is 1. The van der Waals surface area contributed by atoms with Crippen molar-refractivity contribution in [2.24, 2.45) is 0 Å². The molecule has 3 aliphatic heterocycles. The summed E-state index contributed by atoms with van der Waals surface area (Å²) in [6.07, 6.45) is 1.59. The van der Waals surface area contributed by atoms with Gasteiger partial charge in [-0.05, 0) is 30.3 Å². The zero-order valence-corrected chi connectivity index (χ0v) is 12.2. The summed E-state index contributed by atoms with van der Waals surface area (Å²) in [7, 11) is 0. The molecule has 6 nitrogen and oxygen atoms in total. The molecule has 7 heteroatoms. The fraction of sp³-hybridized carbons (Fsp3) is 0.0588. The third kappa shape index (κ3) is 1.75. The van der Waals surface area contributed by atoms with Crippen LogP contribution >= 0.6 is 0 Å². The summed E-state index contributed by atoms with van der Waals surface area (Å²) in [5, 5.41) is 4.96. The van der Waals surface area contributed by atoms with E-state index >= 15 is 0 Å². The van der Waals surface area contributed by atoms with Crippen molar-refractivity contribution >= 4 is 10.9 Å². The van der Waals surface area contributed by atoms with Gasteiger partial charge in [0, 0.05) is 23.2 Å². The fourth-order valence-corrected chi connectivity index (χ4v) is 2.92. The van der Waals surface area contributed by atoms with Crippen molar-refractivity contribution in [3.05, 3.63) is 58.8 Å². The molecule has 0 bridgehead atoms. The summed E-state index contributed by atoms with van der Waals surface area (Å²) in [6, 6.07) is 9.50. The normalized spacial score (nSPS) is 13.0. The van der Waals surface area contributed by atoms with Gasteiger partial charge in [-0.25, -0.2) is 4.39 Å². The molecule has 0 saturated carbocycles. The zero-order chi connectivity index (χ0) is 16.3. The van der Waals surface area contributed by atoms with E-state index in [4.69, 9.17) is 9.47 Å². The summed E-state index contributed by atoms with van der Waals surface area (Å²) in [6.45, 7) is 0.156. The van der Waals surface area contributed by atoms with Gasteiger partial charge in [0.1, 0.15) is 11.5 Å². The van der Waals surface area contributed by atoms with Gasteiger partial charge in [0.2, 0.25) is 6.79 Å². The molecule has 0 unspecified atom stereocenters. The minimum absolute atomic E-state index is 0.156. The fourth-order valence-electron chi connectivity index (χ4n) is 2.92. The Balaban J connectivity index is 1.79. The Morgan fingerprint density at radius 2 is 2.00 bits per heavy atom. The van der Waals surface area contributed by atoms with Crippen molar-refractivity contribution in [2.75, 3.05) is 6.79 Å². The highest BCUT2D eigenvalue weighted by Gasteiger charge is 2.21. The molecular formula is C17H10FN3O3. The average Bonchev–Trinajstić information content (AvgIpc) is 3.19. The van der Waals surface area contributed by atoms with E-state index in [1.807, 2.05) is 0 Å². The topological polar surface area (TPSA) is 69.1 Å². The van der Waals surface area contributed by atoms with Crippen LogP contribution in [-0.2, 0) is 0 Å². The SMILES string of the molecule is O=c1c2c[nH]c3ccc(F)cc3c-2nn1-c1ccc2c(c1)OCO2. The number of halogens is 1. The number of aromatic amines is 1. The molecule has 0 atom stereocenters. The second kappa shape index (κ2) is 4.58. The van der Waals surface area contributed by atoms with Crippen LogP contribution in [-0.4, -0.2) is 21.6 Å². The molecule has 2 aromatic rings. The molecule has 3 aliphatic rings. The molecule has 2 aromatic carbocycles. The van der Waals surface area contributed by atoms with Crippen LogP contribution in [0.25, 0.3) is 27.8 Å². The molecule has 0 spiro atoms. The highest BCUT2D eigenvalue weighted by molar-refractivity contribution is 5.93. The largest absolute Gasteiger partial charge is 0.454 e. The lowest BCUT2D eigenvalue weighted by Gasteiger charge is -2.02. The maximum atomic E-state index is 13.6. The Labute approximate surface area is 134 Å². The first-order valence-electron chi connectivity index (χ1n) is 7.30. The molecule has 0 amide bonds. The van der Waals surface area contributed by atoms with Gasteiger partial charge in [0.05, 0.1) is 11.3 Å². The van der Waals surface area contributed by atoms with Crippen molar-refractivity contribution in [3.63, 3.8) is 0 Å². The van der Waals surface area contributed by atoms with Crippen LogP contribution in [0.15, 0.2) is 47.4 Å². The van der Waals surface area contributed by atoms with E-state index in [0.717, 1.165) is 0 Å². The number of hydrogen-bond acceptors (Lipinski definition) is 4. The second-order valence-electron chi connectivity index (χ2n) is 5.50. The van der Waals surface area contributed by atoms with Gasteiger partial charge in [0.25, 0.3) is 5.56 Å². The highest BCUT2D eigenvalue weighted by atomic mass is 19.1. The van der Waals surface area contributed by atoms with Gasteiger partial charge in [-0.2, -0.15) is 9.78 Å². The molecule has 118 valence electrons. The Morgan fingerprint density at radius 1 is 1.12 bits per heavy atom. The van der Waals surface area contributed by atoms with Gasteiger partial charge in [-0.3, -0.25) is 4.79 Å². The molecule has 0 saturated heterocycles. The van der Waals surface area contributed by atoms with E-state index < -0.39 is 0 Å². The van der Waals surface area contributed by atoms with Gasteiger partial charge in [0.15, 0.2) is 11.5 Å². The molecule has 0 aromatic heterocycles. The summed E-state index contributed by atoms with van der Waals surface area (Å²) in [5.74, 6) is 0.811. The summed E-state index contributed by atoms with van der Waals surface area (Å²) < 4.78 is 25.5. The van der Waals surface area contributed by atoms with E-state index in [1.54, 1.807) is 30.5 Å². The predicted octanol–water partition coefficient (Wildman–Crippen LogP) is 2.69. The average molecular weight is 323 g/mol.